The van der Waals surface area contributed by atoms with E-state index in [0.29, 0.717) is 44.0 Å². The van der Waals surface area contributed by atoms with Crippen molar-refractivity contribution in [2.45, 2.75) is 51.1 Å². The molecule has 0 bridgehead atoms. The Balaban J connectivity index is 1.23. The first kappa shape index (κ1) is 23.4. The van der Waals surface area contributed by atoms with E-state index in [-0.39, 0.29) is 30.9 Å². The summed E-state index contributed by atoms with van der Waals surface area (Å²) in [5.74, 6) is 1.82. The van der Waals surface area contributed by atoms with Crippen LogP contribution < -0.4 is 9.47 Å². The zero-order valence-electron chi connectivity index (χ0n) is 20.2. The SMILES string of the molecule is COCCN(C[C@@H]1CCCN2CCCC[C@@H]12)C(=O)[C@@H]1CC(=O)N(Cc2ccc3c(c2)OCO3)C1. The van der Waals surface area contributed by atoms with Gasteiger partial charge in [-0.1, -0.05) is 12.5 Å². The Morgan fingerprint density at radius 3 is 2.88 bits per heavy atom. The maximum absolute atomic E-state index is 13.6. The zero-order chi connectivity index (χ0) is 23.5. The van der Waals surface area contributed by atoms with Crippen LogP contribution in [0.1, 0.15) is 44.1 Å². The van der Waals surface area contributed by atoms with Gasteiger partial charge in [0.1, 0.15) is 0 Å². The van der Waals surface area contributed by atoms with E-state index in [1.54, 1.807) is 12.0 Å². The van der Waals surface area contributed by atoms with Crippen molar-refractivity contribution in [2.24, 2.45) is 11.8 Å². The minimum atomic E-state index is -0.288. The van der Waals surface area contributed by atoms with Crippen LogP contribution in [0.4, 0.5) is 0 Å². The lowest BCUT2D eigenvalue weighted by Gasteiger charge is -2.46. The average molecular weight is 472 g/mol. The number of likely N-dealkylation sites (tertiary alicyclic amines) is 1. The van der Waals surface area contributed by atoms with Gasteiger partial charge in [0.15, 0.2) is 11.5 Å². The van der Waals surface area contributed by atoms with Gasteiger partial charge in [0.05, 0.1) is 12.5 Å². The molecule has 34 heavy (non-hydrogen) atoms. The van der Waals surface area contributed by atoms with E-state index in [4.69, 9.17) is 14.2 Å². The van der Waals surface area contributed by atoms with Gasteiger partial charge in [0.25, 0.3) is 0 Å². The van der Waals surface area contributed by atoms with Gasteiger partial charge >= 0.3 is 0 Å². The summed E-state index contributed by atoms with van der Waals surface area (Å²) in [6, 6.07) is 6.36. The summed E-state index contributed by atoms with van der Waals surface area (Å²) < 4.78 is 16.2. The number of hydrogen-bond acceptors (Lipinski definition) is 6. The molecule has 2 amide bonds. The minimum absolute atomic E-state index is 0.0406. The summed E-state index contributed by atoms with van der Waals surface area (Å²) in [6.45, 7) is 5.45. The molecule has 0 aromatic heterocycles. The van der Waals surface area contributed by atoms with Crippen LogP contribution in [-0.2, 0) is 20.9 Å². The second-order valence-corrected chi connectivity index (χ2v) is 10.1. The van der Waals surface area contributed by atoms with Crippen molar-refractivity contribution in [3.05, 3.63) is 23.8 Å². The summed E-state index contributed by atoms with van der Waals surface area (Å²) in [7, 11) is 1.68. The summed E-state index contributed by atoms with van der Waals surface area (Å²) in [4.78, 5) is 32.9. The first-order chi connectivity index (χ1) is 16.6. The van der Waals surface area contributed by atoms with Crippen LogP contribution in [0.15, 0.2) is 18.2 Å². The highest BCUT2D eigenvalue weighted by atomic mass is 16.7. The number of ether oxygens (including phenoxy) is 3. The Morgan fingerprint density at radius 2 is 2.00 bits per heavy atom. The number of nitrogens with zero attached hydrogens (tertiary/aromatic N) is 3. The fourth-order valence-corrected chi connectivity index (χ4v) is 6.17. The Labute approximate surface area is 202 Å². The molecule has 1 aromatic carbocycles. The average Bonchev–Trinajstić information content (AvgIpc) is 3.47. The first-order valence-electron chi connectivity index (χ1n) is 12.8. The quantitative estimate of drug-likeness (QED) is 0.580. The van der Waals surface area contributed by atoms with Crippen LogP contribution in [0.2, 0.25) is 0 Å². The van der Waals surface area contributed by atoms with Gasteiger partial charge in [-0.2, -0.15) is 0 Å². The second-order valence-electron chi connectivity index (χ2n) is 10.1. The molecule has 8 heteroatoms. The van der Waals surface area contributed by atoms with E-state index < -0.39 is 0 Å². The van der Waals surface area contributed by atoms with Gasteiger partial charge in [-0.05, 0) is 62.4 Å². The molecule has 0 saturated carbocycles. The zero-order valence-corrected chi connectivity index (χ0v) is 20.2. The van der Waals surface area contributed by atoms with Crippen LogP contribution in [-0.4, -0.2) is 85.8 Å². The summed E-state index contributed by atoms with van der Waals surface area (Å²) in [6.07, 6.45) is 6.49. The standard InChI is InChI=1S/C26H37N3O5/c1-32-12-11-28(16-20-5-4-10-27-9-3-2-6-22(20)27)26(31)21-14-25(30)29(17-21)15-19-7-8-23-24(13-19)34-18-33-23/h7-8,13,20-22H,2-6,9-12,14-18H2,1H3/t20-,21+,22-/m0/s1. The fourth-order valence-electron chi connectivity index (χ4n) is 6.17. The number of methoxy groups -OCH3 is 1. The maximum Gasteiger partial charge on any atom is 0.231 e. The van der Waals surface area contributed by atoms with E-state index in [0.717, 1.165) is 17.9 Å². The molecule has 0 radical (unpaired) electrons. The van der Waals surface area contributed by atoms with Crippen molar-refractivity contribution in [1.82, 2.24) is 14.7 Å². The van der Waals surface area contributed by atoms with E-state index in [1.165, 1.54) is 45.2 Å². The predicted molar refractivity (Wildman–Crippen MR) is 126 cm³/mol. The monoisotopic (exact) mass is 471 g/mol. The lowest BCUT2D eigenvalue weighted by atomic mass is 9.83. The van der Waals surface area contributed by atoms with Gasteiger partial charge in [-0.25, -0.2) is 0 Å². The van der Waals surface area contributed by atoms with E-state index in [9.17, 15) is 9.59 Å². The number of carbonyl (C=O) groups excluding carboxylic acids is 2. The lowest BCUT2D eigenvalue weighted by Crippen LogP contribution is -2.52. The van der Waals surface area contributed by atoms with E-state index in [1.807, 2.05) is 23.1 Å². The summed E-state index contributed by atoms with van der Waals surface area (Å²) >= 11 is 0. The van der Waals surface area contributed by atoms with Crippen molar-refractivity contribution >= 4 is 11.8 Å². The molecule has 3 saturated heterocycles. The van der Waals surface area contributed by atoms with Gasteiger partial charge in [-0.15, -0.1) is 0 Å². The van der Waals surface area contributed by atoms with Crippen LogP contribution in [0.25, 0.3) is 0 Å². The van der Waals surface area contributed by atoms with Crippen molar-refractivity contribution in [3.63, 3.8) is 0 Å². The number of rotatable bonds is 8. The van der Waals surface area contributed by atoms with Gasteiger partial charge in [0.2, 0.25) is 18.6 Å². The number of hydrogen-bond donors (Lipinski definition) is 0. The minimum Gasteiger partial charge on any atom is -0.454 e. The summed E-state index contributed by atoms with van der Waals surface area (Å²) in [5.41, 5.74) is 0.988. The third-order valence-corrected chi connectivity index (χ3v) is 7.93. The molecule has 3 fully saturated rings. The van der Waals surface area contributed by atoms with E-state index in [2.05, 4.69) is 4.90 Å². The fraction of sp³-hybridized carbons (Fsp3) is 0.692. The molecule has 4 aliphatic rings. The van der Waals surface area contributed by atoms with Crippen molar-refractivity contribution in [1.29, 1.82) is 0 Å². The highest BCUT2D eigenvalue weighted by Crippen LogP contribution is 2.34. The number of piperidine rings is 2. The van der Waals surface area contributed by atoms with Crippen molar-refractivity contribution in [3.8, 4) is 11.5 Å². The largest absolute Gasteiger partial charge is 0.454 e. The molecule has 0 spiro atoms. The predicted octanol–water partition coefficient (Wildman–Crippen LogP) is 2.50. The molecule has 4 heterocycles. The van der Waals surface area contributed by atoms with Crippen molar-refractivity contribution < 1.29 is 23.8 Å². The Kier molecular flexibility index (Phi) is 7.25. The Bertz CT molecular complexity index is 891. The van der Waals surface area contributed by atoms with Gasteiger partial charge in [-0.3, -0.25) is 9.59 Å². The number of amides is 2. The third kappa shape index (κ3) is 5.03. The maximum atomic E-state index is 13.6. The molecule has 1 aromatic rings. The van der Waals surface area contributed by atoms with Crippen LogP contribution in [0.5, 0.6) is 11.5 Å². The molecular formula is C26H37N3O5. The number of benzene rings is 1. The first-order valence-corrected chi connectivity index (χ1v) is 12.8. The van der Waals surface area contributed by atoms with Crippen LogP contribution in [0, 0.1) is 11.8 Å². The number of carbonyl (C=O) groups is 2. The lowest BCUT2D eigenvalue weighted by molar-refractivity contribution is -0.137. The molecule has 186 valence electrons. The molecule has 8 nitrogen and oxygen atoms in total. The molecule has 0 N–H and O–H groups in total. The van der Waals surface area contributed by atoms with Gasteiger partial charge in [0, 0.05) is 45.8 Å². The molecule has 3 atom stereocenters. The molecule has 0 unspecified atom stereocenters. The third-order valence-electron chi connectivity index (χ3n) is 7.93. The number of fused-ring (bicyclic) bond motifs is 2. The highest BCUT2D eigenvalue weighted by molar-refractivity contribution is 5.89. The topological polar surface area (TPSA) is 71.6 Å². The Hall–Kier alpha value is -2.32. The smallest absolute Gasteiger partial charge is 0.231 e. The van der Waals surface area contributed by atoms with Crippen LogP contribution >= 0.6 is 0 Å². The molecule has 0 aliphatic carbocycles. The molecule has 4 aliphatic heterocycles. The van der Waals surface area contributed by atoms with Crippen LogP contribution in [0.3, 0.4) is 0 Å². The normalized spacial score (nSPS) is 26.6. The Morgan fingerprint density at radius 1 is 1.15 bits per heavy atom. The molecular weight excluding hydrogens is 434 g/mol. The summed E-state index contributed by atoms with van der Waals surface area (Å²) in [5, 5.41) is 0. The highest BCUT2D eigenvalue weighted by Gasteiger charge is 2.39. The van der Waals surface area contributed by atoms with Gasteiger partial charge < -0.3 is 28.9 Å². The molecule has 5 rings (SSSR count). The second kappa shape index (κ2) is 10.5. The van der Waals surface area contributed by atoms with Crippen molar-refractivity contribution in [2.75, 3.05) is 53.2 Å². The van der Waals surface area contributed by atoms with E-state index >= 15 is 0 Å².